The predicted molar refractivity (Wildman–Crippen MR) is 127 cm³/mol. The molecule has 0 radical (unpaired) electrons. The van der Waals surface area contributed by atoms with E-state index >= 15 is 0 Å². The molecule has 1 aromatic carbocycles. The standard InChI is InChI=1S/C26H38N2S/c1-4-5-6-7-8-9-13-23-14-16-24(17-15-23)21(2)11-10-12-22(3)25-20-29-26-27-18-19-28(25)26/h14-22H,4-13H2,1-3H3. The quantitative estimate of drug-likeness (QED) is 0.259. The fourth-order valence-corrected chi connectivity index (χ4v) is 5.24. The number of aryl methyl sites for hydroxylation is 1. The summed E-state index contributed by atoms with van der Waals surface area (Å²) in [6, 6.07) is 9.46. The number of hydrogen-bond donors (Lipinski definition) is 0. The fraction of sp³-hybridized carbons (Fsp3) is 0.577. The molecule has 158 valence electrons. The molecular weight excluding hydrogens is 372 g/mol. The highest BCUT2D eigenvalue weighted by Gasteiger charge is 2.13. The highest BCUT2D eigenvalue weighted by Crippen LogP contribution is 2.29. The first-order valence-corrected chi connectivity index (χ1v) is 12.6. The fourth-order valence-electron chi connectivity index (χ4n) is 4.26. The molecule has 0 aliphatic carbocycles. The van der Waals surface area contributed by atoms with Crippen LogP contribution in [0.2, 0.25) is 0 Å². The highest BCUT2D eigenvalue weighted by atomic mass is 32.1. The van der Waals surface area contributed by atoms with Crippen LogP contribution in [0.3, 0.4) is 0 Å². The van der Waals surface area contributed by atoms with Crippen molar-refractivity contribution in [2.24, 2.45) is 0 Å². The lowest BCUT2D eigenvalue weighted by Gasteiger charge is -2.15. The van der Waals surface area contributed by atoms with Gasteiger partial charge in [-0.1, -0.05) is 83.6 Å². The van der Waals surface area contributed by atoms with Gasteiger partial charge in [-0.25, -0.2) is 4.98 Å². The lowest BCUT2D eigenvalue weighted by molar-refractivity contribution is 0.553. The van der Waals surface area contributed by atoms with E-state index < -0.39 is 0 Å². The van der Waals surface area contributed by atoms with E-state index in [0.717, 1.165) is 4.96 Å². The second kappa shape index (κ2) is 11.5. The summed E-state index contributed by atoms with van der Waals surface area (Å²) in [5.74, 6) is 1.23. The number of rotatable bonds is 13. The van der Waals surface area contributed by atoms with Crippen molar-refractivity contribution in [1.29, 1.82) is 0 Å². The minimum atomic E-state index is 0.588. The SMILES string of the molecule is CCCCCCCCc1ccc(C(C)CCCC(C)c2csc3nccn23)cc1. The van der Waals surface area contributed by atoms with Gasteiger partial charge in [0.2, 0.25) is 0 Å². The Labute approximate surface area is 181 Å². The molecule has 2 nitrogen and oxygen atoms in total. The van der Waals surface area contributed by atoms with Gasteiger partial charge in [-0.2, -0.15) is 0 Å². The maximum Gasteiger partial charge on any atom is 0.193 e. The highest BCUT2D eigenvalue weighted by molar-refractivity contribution is 7.15. The maximum atomic E-state index is 4.39. The Bertz CT molecular complexity index is 830. The minimum absolute atomic E-state index is 0.588. The molecule has 3 heteroatoms. The van der Waals surface area contributed by atoms with Crippen LogP contribution in [0.1, 0.15) is 107 Å². The molecule has 2 unspecified atom stereocenters. The van der Waals surface area contributed by atoms with Gasteiger partial charge in [0.25, 0.3) is 0 Å². The minimum Gasteiger partial charge on any atom is -0.294 e. The molecule has 0 aliphatic rings. The Morgan fingerprint density at radius 3 is 2.41 bits per heavy atom. The third kappa shape index (κ3) is 6.44. The van der Waals surface area contributed by atoms with Crippen molar-refractivity contribution in [2.75, 3.05) is 0 Å². The first-order chi connectivity index (χ1) is 14.2. The van der Waals surface area contributed by atoms with E-state index in [4.69, 9.17) is 0 Å². The van der Waals surface area contributed by atoms with Crippen LogP contribution in [0.5, 0.6) is 0 Å². The number of benzene rings is 1. The number of hydrogen-bond acceptors (Lipinski definition) is 2. The van der Waals surface area contributed by atoms with Crippen LogP contribution < -0.4 is 0 Å². The van der Waals surface area contributed by atoms with Crippen molar-refractivity contribution in [2.45, 2.75) is 96.8 Å². The van der Waals surface area contributed by atoms with Crippen LogP contribution in [0.4, 0.5) is 0 Å². The van der Waals surface area contributed by atoms with E-state index in [9.17, 15) is 0 Å². The van der Waals surface area contributed by atoms with Crippen molar-refractivity contribution in [1.82, 2.24) is 9.38 Å². The van der Waals surface area contributed by atoms with Crippen LogP contribution in [-0.4, -0.2) is 9.38 Å². The first-order valence-electron chi connectivity index (χ1n) is 11.7. The van der Waals surface area contributed by atoms with Crippen molar-refractivity contribution in [3.63, 3.8) is 0 Å². The molecule has 2 aromatic heterocycles. The molecular formula is C26H38N2S. The molecule has 0 fully saturated rings. The molecule has 0 bridgehead atoms. The van der Waals surface area contributed by atoms with Gasteiger partial charge in [-0.05, 0) is 48.6 Å². The Kier molecular flexibility index (Phi) is 8.79. The summed E-state index contributed by atoms with van der Waals surface area (Å²) in [4.78, 5) is 5.51. The molecule has 0 aliphatic heterocycles. The van der Waals surface area contributed by atoms with Gasteiger partial charge in [0.05, 0.1) is 0 Å². The average Bonchev–Trinajstić information content (AvgIpc) is 3.35. The summed E-state index contributed by atoms with van der Waals surface area (Å²) in [5.41, 5.74) is 4.41. The van der Waals surface area contributed by atoms with Gasteiger partial charge in [0.15, 0.2) is 4.96 Å². The molecule has 3 rings (SSSR count). The zero-order valence-electron chi connectivity index (χ0n) is 18.6. The monoisotopic (exact) mass is 410 g/mol. The number of unbranched alkanes of at least 4 members (excludes halogenated alkanes) is 5. The van der Waals surface area contributed by atoms with Crippen LogP contribution in [0.15, 0.2) is 42.0 Å². The largest absolute Gasteiger partial charge is 0.294 e. The van der Waals surface area contributed by atoms with Crippen LogP contribution >= 0.6 is 11.3 Å². The van der Waals surface area contributed by atoms with Gasteiger partial charge in [0, 0.05) is 23.5 Å². The molecule has 0 spiro atoms. The summed E-state index contributed by atoms with van der Waals surface area (Å²) in [6.07, 6.45) is 17.3. The van der Waals surface area contributed by atoms with E-state index in [1.165, 1.54) is 81.0 Å². The Morgan fingerprint density at radius 2 is 1.62 bits per heavy atom. The average molecular weight is 411 g/mol. The summed E-state index contributed by atoms with van der Waals surface area (Å²) in [7, 11) is 0. The molecule has 0 N–H and O–H groups in total. The second-order valence-electron chi connectivity index (χ2n) is 8.73. The van der Waals surface area contributed by atoms with E-state index in [1.54, 1.807) is 11.3 Å². The molecule has 29 heavy (non-hydrogen) atoms. The molecule has 0 amide bonds. The number of nitrogens with zero attached hydrogens (tertiary/aromatic N) is 2. The maximum absolute atomic E-state index is 4.39. The molecule has 2 heterocycles. The Hall–Kier alpha value is -1.61. The molecule has 0 saturated heterocycles. The number of aromatic nitrogens is 2. The smallest absolute Gasteiger partial charge is 0.193 e. The lowest BCUT2D eigenvalue weighted by atomic mass is 9.91. The molecule has 2 atom stereocenters. The predicted octanol–water partition coefficient (Wildman–Crippen LogP) is 8.38. The van der Waals surface area contributed by atoms with Gasteiger partial charge >= 0.3 is 0 Å². The van der Waals surface area contributed by atoms with E-state index in [2.05, 4.69) is 66.0 Å². The summed E-state index contributed by atoms with van der Waals surface area (Å²) in [6.45, 7) is 7.01. The third-order valence-electron chi connectivity index (χ3n) is 6.32. The number of thiazole rings is 1. The van der Waals surface area contributed by atoms with Gasteiger partial charge < -0.3 is 0 Å². The lowest BCUT2D eigenvalue weighted by Crippen LogP contribution is -2.00. The summed E-state index contributed by atoms with van der Waals surface area (Å²) < 4.78 is 2.25. The Morgan fingerprint density at radius 1 is 0.897 bits per heavy atom. The van der Waals surface area contributed by atoms with Crippen molar-refractivity contribution in [3.8, 4) is 0 Å². The van der Waals surface area contributed by atoms with Crippen LogP contribution in [0, 0.1) is 0 Å². The van der Waals surface area contributed by atoms with Crippen molar-refractivity contribution >= 4 is 16.3 Å². The zero-order chi connectivity index (χ0) is 20.5. The van der Waals surface area contributed by atoms with Crippen LogP contribution in [-0.2, 0) is 6.42 Å². The van der Waals surface area contributed by atoms with Gasteiger partial charge in [-0.3, -0.25) is 4.40 Å². The Balaban J connectivity index is 1.38. The molecule has 3 aromatic rings. The summed E-state index contributed by atoms with van der Waals surface area (Å²) >= 11 is 1.75. The van der Waals surface area contributed by atoms with Gasteiger partial charge in [-0.15, -0.1) is 11.3 Å². The third-order valence-corrected chi connectivity index (χ3v) is 7.19. The van der Waals surface area contributed by atoms with E-state index in [-0.39, 0.29) is 0 Å². The van der Waals surface area contributed by atoms with Crippen LogP contribution in [0.25, 0.3) is 4.96 Å². The van der Waals surface area contributed by atoms with Gasteiger partial charge in [0.1, 0.15) is 0 Å². The molecule has 0 saturated carbocycles. The number of fused-ring (bicyclic) bond motifs is 1. The number of imidazole rings is 1. The second-order valence-corrected chi connectivity index (χ2v) is 9.57. The van der Waals surface area contributed by atoms with E-state index in [0.29, 0.717) is 11.8 Å². The summed E-state index contributed by atoms with van der Waals surface area (Å²) in [5, 5.41) is 2.28. The topological polar surface area (TPSA) is 17.3 Å². The first kappa shape index (κ1) is 22.1. The van der Waals surface area contributed by atoms with Crippen molar-refractivity contribution in [3.05, 3.63) is 58.9 Å². The zero-order valence-corrected chi connectivity index (χ0v) is 19.4. The van der Waals surface area contributed by atoms with Crippen molar-refractivity contribution < 1.29 is 0 Å². The normalized spacial score (nSPS) is 13.8. The van der Waals surface area contributed by atoms with E-state index in [1.807, 2.05) is 6.20 Å².